The molecule has 1 fully saturated rings. The predicted octanol–water partition coefficient (Wildman–Crippen LogP) is 9.12. The molecule has 0 bridgehead atoms. The summed E-state index contributed by atoms with van der Waals surface area (Å²) in [6.07, 6.45) is 7.88. The minimum Gasteiger partial charge on any atom is -0.444 e. The Hall–Kier alpha value is -5.92. The van der Waals surface area contributed by atoms with Crippen molar-refractivity contribution in [2.24, 2.45) is 10.8 Å². The monoisotopic (exact) mass is 848 g/mol. The maximum Gasteiger partial charge on any atom is 0.408 e. The molecule has 2 aromatic heterocycles. The first kappa shape index (κ1) is 45.6. The Morgan fingerprint density at radius 3 is 1.71 bits per heavy atom. The van der Waals surface area contributed by atoms with E-state index < -0.39 is 52.3 Å². The summed E-state index contributed by atoms with van der Waals surface area (Å²) >= 11 is 0. The van der Waals surface area contributed by atoms with Gasteiger partial charge in [0.15, 0.2) is 0 Å². The molecule has 2 aliphatic heterocycles. The van der Waals surface area contributed by atoms with Crippen LogP contribution in [0.3, 0.4) is 0 Å². The standard InChI is InChI=1S/C48H64N8O6/c1-45(2,3)37(53-43(59)61-47(7,8)9)41(57)55-25-13-15-35(55)39-49-27-33(51-39)31-21-17-29(18-22-31)30-19-23-32(24-20-30)34-28-50-40(52-34)36-16-14-26-56(36)42(58)38(46(4,5)6)54-44(60)62-48(10,11)12/h13,15,17-24,27-28,35-38H,14,16,25-26H2,1-12H3,(H,49,51)(H,50,52)(H,53,59)(H,54,60)/t35-,36-,37+,38+/m0/s1. The van der Waals surface area contributed by atoms with Crippen LogP contribution in [0, 0.1) is 10.8 Å². The zero-order chi connectivity index (χ0) is 45.4. The molecule has 0 saturated carbocycles. The second-order valence-corrected chi connectivity index (χ2v) is 20.5. The van der Waals surface area contributed by atoms with E-state index in [0.717, 1.165) is 46.5 Å². The van der Waals surface area contributed by atoms with Crippen LogP contribution in [0.25, 0.3) is 33.6 Å². The van der Waals surface area contributed by atoms with Crippen LogP contribution in [-0.4, -0.2) is 90.1 Å². The maximum absolute atomic E-state index is 14.0. The highest BCUT2D eigenvalue weighted by molar-refractivity contribution is 5.88. The molecule has 62 heavy (non-hydrogen) atoms. The Balaban J connectivity index is 1.10. The number of benzene rings is 2. The number of H-pyrrole nitrogens is 2. The first-order chi connectivity index (χ1) is 28.9. The third-order valence-corrected chi connectivity index (χ3v) is 10.8. The molecule has 0 aliphatic carbocycles. The number of aromatic amines is 2. The van der Waals surface area contributed by atoms with E-state index in [1.807, 2.05) is 89.1 Å². The Bertz CT molecular complexity index is 2260. The summed E-state index contributed by atoms with van der Waals surface area (Å²) in [7, 11) is 0. The molecule has 14 nitrogen and oxygen atoms in total. The molecule has 4 amide bonds. The SMILES string of the molecule is CC(C)(C)OC(=O)N[C@H](C(=O)N1CC=C[C@H]1c1ncc(-c2ccc(-c3ccc(-c4c[nH]c([C@@H]5CCCN5C(=O)[C@@H](NC(=O)OC(C)(C)C)C(C)(C)C)n4)cc3)cc2)[nH]1)C(C)(C)C. The molecule has 4 heterocycles. The lowest BCUT2D eigenvalue weighted by molar-refractivity contribution is -0.137. The summed E-state index contributed by atoms with van der Waals surface area (Å²) in [5.41, 5.74) is 3.08. The highest BCUT2D eigenvalue weighted by Gasteiger charge is 2.42. The third kappa shape index (κ3) is 10.9. The fourth-order valence-corrected chi connectivity index (χ4v) is 7.75. The van der Waals surface area contributed by atoms with Crippen molar-refractivity contribution >= 4 is 24.0 Å². The van der Waals surface area contributed by atoms with Gasteiger partial charge in [-0.05, 0) is 81.9 Å². The lowest BCUT2D eigenvalue weighted by atomic mass is 9.85. The fraction of sp³-hybridized carbons (Fsp3) is 0.500. The third-order valence-electron chi connectivity index (χ3n) is 10.8. The van der Waals surface area contributed by atoms with E-state index in [2.05, 4.69) is 49.9 Å². The number of hydrogen-bond acceptors (Lipinski definition) is 8. The molecule has 0 radical (unpaired) electrons. The average Bonchev–Trinajstić information content (AvgIpc) is 4.00. The van der Waals surface area contributed by atoms with Gasteiger partial charge >= 0.3 is 12.2 Å². The first-order valence-corrected chi connectivity index (χ1v) is 21.5. The second kappa shape index (κ2) is 17.5. The van der Waals surface area contributed by atoms with E-state index in [-0.39, 0.29) is 17.9 Å². The summed E-state index contributed by atoms with van der Waals surface area (Å²) < 4.78 is 11.0. The van der Waals surface area contributed by atoms with Crippen molar-refractivity contribution < 1.29 is 28.7 Å². The number of carbonyl (C=O) groups excluding carboxylic acids is 4. The molecule has 0 unspecified atom stereocenters. The van der Waals surface area contributed by atoms with Crippen LogP contribution >= 0.6 is 0 Å². The molecule has 14 heteroatoms. The van der Waals surface area contributed by atoms with Crippen LogP contribution in [0.4, 0.5) is 9.59 Å². The summed E-state index contributed by atoms with van der Waals surface area (Å²) in [6.45, 7) is 23.3. The molecular weight excluding hydrogens is 785 g/mol. The molecule has 2 aliphatic rings. The van der Waals surface area contributed by atoms with E-state index in [4.69, 9.17) is 14.5 Å². The number of nitrogens with zero attached hydrogens (tertiary/aromatic N) is 4. The van der Waals surface area contributed by atoms with Crippen molar-refractivity contribution in [1.29, 1.82) is 0 Å². The van der Waals surface area contributed by atoms with Crippen LogP contribution in [0.2, 0.25) is 0 Å². The van der Waals surface area contributed by atoms with Crippen molar-refractivity contribution in [3.63, 3.8) is 0 Å². The number of likely N-dealkylation sites (tertiary alicyclic amines) is 1. The van der Waals surface area contributed by atoms with Gasteiger partial charge in [0, 0.05) is 24.8 Å². The van der Waals surface area contributed by atoms with E-state index >= 15 is 0 Å². The summed E-state index contributed by atoms with van der Waals surface area (Å²) in [5.74, 6) is 0.971. The molecule has 2 aromatic carbocycles. The lowest BCUT2D eigenvalue weighted by Gasteiger charge is -2.35. The molecule has 1 saturated heterocycles. The number of aromatic nitrogens is 4. The Kier molecular flexibility index (Phi) is 12.8. The molecular formula is C48H64N8O6. The number of imidazole rings is 2. The minimum atomic E-state index is -0.809. The molecule has 4 atom stereocenters. The van der Waals surface area contributed by atoms with Crippen LogP contribution in [-0.2, 0) is 19.1 Å². The van der Waals surface area contributed by atoms with Gasteiger partial charge in [-0.1, -0.05) is 102 Å². The van der Waals surface area contributed by atoms with Gasteiger partial charge in [-0.25, -0.2) is 19.6 Å². The van der Waals surface area contributed by atoms with Gasteiger partial charge in [-0.2, -0.15) is 0 Å². The summed E-state index contributed by atoms with van der Waals surface area (Å²) in [5, 5.41) is 5.66. The van der Waals surface area contributed by atoms with Crippen LogP contribution < -0.4 is 10.6 Å². The van der Waals surface area contributed by atoms with Gasteiger partial charge in [0.1, 0.15) is 41.0 Å². The largest absolute Gasteiger partial charge is 0.444 e. The Morgan fingerprint density at radius 1 is 0.694 bits per heavy atom. The van der Waals surface area contributed by atoms with E-state index in [1.54, 1.807) is 52.6 Å². The molecule has 0 spiro atoms. The average molecular weight is 849 g/mol. The van der Waals surface area contributed by atoms with Gasteiger partial charge in [0.2, 0.25) is 11.8 Å². The van der Waals surface area contributed by atoms with Gasteiger partial charge < -0.3 is 39.9 Å². The molecule has 4 N–H and O–H groups in total. The zero-order valence-corrected chi connectivity index (χ0v) is 38.3. The lowest BCUT2D eigenvalue weighted by Crippen LogP contribution is -2.55. The Labute approximate surface area is 365 Å². The van der Waals surface area contributed by atoms with E-state index in [9.17, 15) is 19.2 Å². The van der Waals surface area contributed by atoms with Crippen molar-refractivity contribution in [1.82, 2.24) is 40.4 Å². The van der Waals surface area contributed by atoms with Crippen LogP contribution in [0.15, 0.2) is 73.1 Å². The number of hydrogen-bond donors (Lipinski definition) is 4. The number of alkyl carbamates (subject to hydrolysis) is 2. The van der Waals surface area contributed by atoms with Crippen molar-refractivity contribution in [3.8, 4) is 33.6 Å². The number of rotatable bonds is 9. The van der Waals surface area contributed by atoms with Gasteiger partial charge in [-0.15, -0.1) is 0 Å². The molecule has 6 rings (SSSR count). The first-order valence-electron chi connectivity index (χ1n) is 21.5. The quantitative estimate of drug-likeness (QED) is 0.121. The van der Waals surface area contributed by atoms with Crippen molar-refractivity contribution in [2.75, 3.05) is 13.1 Å². The fourth-order valence-electron chi connectivity index (χ4n) is 7.75. The van der Waals surface area contributed by atoms with E-state index in [0.29, 0.717) is 24.7 Å². The van der Waals surface area contributed by atoms with Crippen LogP contribution in [0.1, 0.15) is 120 Å². The smallest absolute Gasteiger partial charge is 0.408 e. The van der Waals surface area contributed by atoms with Gasteiger partial charge in [-0.3, -0.25) is 9.59 Å². The summed E-state index contributed by atoms with van der Waals surface area (Å²) in [6, 6.07) is 14.2. The van der Waals surface area contributed by atoms with Crippen molar-refractivity contribution in [3.05, 3.63) is 84.7 Å². The summed E-state index contributed by atoms with van der Waals surface area (Å²) in [4.78, 5) is 73.3. The van der Waals surface area contributed by atoms with Crippen molar-refractivity contribution in [2.45, 2.75) is 131 Å². The Morgan fingerprint density at radius 2 is 1.19 bits per heavy atom. The minimum absolute atomic E-state index is 0.155. The zero-order valence-electron chi connectivity index (χ0n) is 38.3. The predicted molar refractivity (Wildman–Crippen MR) is 240 cm³/mol. The second-order valence-electron chi connectivity index (χ2n) is 20.5. The van der Waals surface area contributed by atoms with Gasteiger partial charge in [0.25, 0.3) is 0 Å². The number of ether oxygens (including phenoxy) is 2. The highest BCUT2D eigenvalue weighted by atomic mass is 16.6. The number of nitrogens with one attached hydrogen (secondary N) is 4. The normalized spacial score (nSPS) is 18.1. The highest BCUT2D eigenvalue weighted by Crippen LogP contribution is 2.36. The number of amides is 4. The maximum atomic E-state index is 14.0. The number of carbonyl (C=O) groups is 4. The van der Waals surface area contributed by atoms with Gasteiger partial charge in [0.05, 0.1) is 23.6 Å². The van der Waals surface area contributed by atoms with E-state index in [1.165, 1.54) is 0 Å². The van der Waals surface area contributed by atoms with Crippen LogP contribution in [0.5, 0.6) is 0 Å². The molecule has 332 valence electrons. The molecule has 4 aromatic rings. The topological polar surface area (TPSA) is 175 Å².